The SMILES string of the molecule is Cc1cc(C(C)(C)C)ccc1OC1CCCC(C)(C)C1N. The predicted molar refractivity (Wildman–Crippen MR) is 89.9 cm³/mol. The molecule has 2 rings (SSSR count). The number of nitrogens with two attached hydrogens (primary N) is 1. The van der Waals surface area contributed by atoms with Crippen molar-refractivity contribution in [2.24, 2.45) is 11.1 Å². The molecule has 21 heavy (non-hydrogen) atoms. The first-order chi connectivity index (χ1) is 9.61. The molecule has 118 valence electrons. The van der Waals surface area contributed by atoms with Crippen LogP contribution >= 0.6 is 0 Å². The van der Waals surface area contributed by atoms with E-state index in [0.29, 0.717) is 0 Å². The fourth-order valence-electron chi connectivity index (χ4n) is 3.15. The molecule has 1 aromatic carbocycles. The van der Waals surface area contributed by atoms with Gasteiger partial charge in [0.2, 0.25) is 0 Å². The Labute approximate surface area is 130 Å². The van der Waals surface area contributed by atoms with Crippen molar-refractivity contribution in [3.63, 3.8) is 0 Å². The van der Waals surface area contributed by atoms with Gasteiger partial charge >= 0.3 is 0 Å². The Morgan fingerprint density at radius 1 is 1.24 bits per heavy atom. The van der Waals surface area contributed by atoms with Crippen molar-refractivity contribution in [3.05, 3.63) is 29.3 Å². The Kier molecular flexibility index (Phi) is 4.39. The summed E-state index contributed by atoms with van der Waals surface area (Å²) in [7, 11) is 0. The molecule has 0 aromatic heterocycles. The minimum atomic E-state index is 0.105. The van der Waals surface area contributed by atoms with Gasteiger partial charge < -0.3 is 10.5 Å². The van der Waals surface area contributed by atoms with Crippen molar-refractivity contribution in [1.29, 1.82) is 0 Å². The molecule has 0 saturated heterocycles. The lowest BCUT2D eigenvalue weighted by Gasteiger charge is -2.41. The summed E-state index contributed by atoms with van der Waals surface area (Å²) in [5.74, 6) is 0.987. The smallest absolute Gasteiger partial charge is 0.122 e. The monoisotopic (exact) mass is 289 g/mol. The fraction of sp³-hybridized carbons (Fsp3) is 0.684. The Hall–Kier alpha value is -1.02. The zero-order valence-electron chi connectivity index (χ0n) is 14.5. The minimum absolute atomic E-state index is 0.105. The summed E-state index contributed by atoms with van der Waals surface area (Å²) in [4.78, 5) is 0. The zero-order valence-corrected chi connectivity index (χ0v) is 14.5. The Balaban J connectivity index is 2.17. The van der Waals surface area contributed by atoms with Crippen LogP contribution in [0.25, 0.3) is 0 Å². The van der Waals surface area contributed by atoms with Gasteiger partial charge in [-0.3, -0.25) is 0 Å². The van der Waals surface area contributed by atoms with Crippen molar-refractivity contribution in [2.45, 2.75) is 78.4 Å². The number of aryl methyl sites for hydroxylation is 1. The maximum absolute atomic E-state index is 6.43. The van der Waals surface area contributed by atoms with E-state index in [4.69, 9.17) is 10.5 Å². The van der Waals surface area contributed by atoms with Gasteiger partial charge in [-0.25, -0.2) is 0 Å². The molecule has 2 N–H and O–H groups in total. The lowest BCUT2D eigenvalue weighted by Crippen LogP contribution is -2.52. The van der Waals surface area contributed by atoms with Crippen LogP contribution in [0.5, 0.6) is 5.75 Å². The summed E-state index contributed by atoms with van der Waals surface area (Å²) >= 11 is 0. The summed E-state index contributed by atoms with van der Waals surface area (Å²) < 4.78 is 6.28. The van der Waals surface area contributed by atoms with Crippen LogP contribution in [-0.4, -0.2) is 12.1 Å². The Morgan fingerprint density at radius 2 is 1.90 bits per heavy atom. The minimum Gasteiger partial charge on any atom is -0.489 e. The molecule has 1 saturated carbocycles. The first kappa shape index (κ1) is 16.4. The topological polar surface area (TPSA) is 35.2 Å². The van der Waals surface area contributed by atoms with Crippen molar-refractivity contribution < 1.29 is 4.74 Å². The molecule has 2 unspecified atom stereocenters. The summed E-state index contributed by atoms with van der Waals surface area (Å²) in [6.07, 6.45) is 3.58. The van der Waals surface area contributed by atoms with Crippen LogP contribution in [0.15, 0.2) is 18.2 Å². The second-order valence-electron chi connectivity index (χ2n) is 8.29. The third-order valence-electron chi connectivity index (χ3n) is 4.93. The summed E-state index contributed by atoms with van der Waals surface area (Å²) in [5, 5.41) is 0. The van der Waals surface area contributed by atoms with E-state index in [1.165, 1.54) is 24.0 Å². The van der Waals surface area contributed by atoms with Gasteiger partial charge in [0.05, 0.1) is 0 Å². The quantitative estimate of drug-likeness (QED) is 0.865. The van der Waals surface area contributed by atoms with Gasteiger partial charge in [-0.15, -0.1) is 0 Å². The van der Waals surface area contributed by atoms with Gasteiger partial charge in [0.15, 0.2) is 0 Å². The Bertz CT molecular complexity index is 499. The summed E-state index contributed by atoms with van der Waals surface area (Å²) in [6, 6.07) is 6.65. The highest BCUT2D eigenvalue weighted by Gasteiger charge is 2.37. The molecule has 1 aromatic rings. The molecule has 0 aliphatic heterocycles. The van der Waals surface area contributed by atoms with Crippen LogP contribution in [0.2, 0.25) is 0 Å². The first-order valence-electron chi connectivity index (χ1n) is 8.15. The van der Waals surface area contributed by atoms with Crippen molar-refractivity contribution in [3.8, 4) is 5.75 Å². The van der Waals surface area contributed by atoms with Gasteiger partial charge in [-0.2, -0.15) is 0 Å². The first-order valence-corrected chi connectivity index (χ1v) is 8.15. The van der Waals surface area contributed by atoms with E-state index in [2.05, 4.69) is 59.7 Å². The van der Waals surface area contributed by atoms with E-state index in [1.807, 2.05) is 0 Å². The van der Waals surface area contributed by atoms with Crippen molar-refractivity contribution >= 4 is 0 Å². The number of hydrogen-bond donors (Lipinski definition) is 1. The standard InChI is InChI=1S/C19H31NO/c1-13-12-14(18(2,3)4)9-10-15(13)21-16-8-7-11-19(5,6)17(16)20/h9-10,12,16-17H,7-8,11,20H2,1-6H3. The molecule has 1 aliphatic rings. The van der Waals surface area contributed by atoms with Gasteiger partial charge in [0, 0.05) is 6.04 Å². The second kappa shape index (κ2) is 5.64. The molecule has 1 fully saturated rings. The molecular formula is C19H31NO. The maximum Gasteiger partial charge on any atom is 0.122 e. The summed E-state index contributed by atoms with van der Waals surface area (Å²) in [5.41, 5.74) is 9.33. The molecule has 2 heteroatoms. The molecule has 2 atom stereocenters. The largest absolute Gasteiger partial charge is 0.489 e. The lowest BCUT2D eigenvalue weighted by atomic mass is 9.72. The van der Waals surface area contributed by atoms with E-state index in [1.54, 1.807) is 0 Å². The van der Waals surface area contributed by atoms with Crippen LogP contribution in [0.4, 0.5) is 0 Å². The molecular weight excluding hydrogens is 258 g/mol. The average molecular weight is 289 g/mol. The number of hydrogen-bond acceptors (Lipinski definition) is 2. The molecule has 1 aliphatic carbocycles. The van der Waals surface area contributed by atoms with Crippen LogP contribution in [-0.2, 0) is 5.41 Å². The van der Waals surface area contributed by atoms with Crippen molar-refractivity contribution in [1.82, 2.24) is 0 Å². The van der Waals surface area contributed by atoms with Gasteiger partial charge in [0.1, 0.15) is 11.9 Å². The highest BCUT2D eigenvalue weighted by molar-refractivity contribution is 5.39. The number of ether oxygens (including phenoxy) is 1. The van der Waals surface area contributed by atoms with Gasteiger partial charge in [-0.1, -0.05) is 46.8 Å². The molecule has 2 nitrogen and oxygen atoms in total. The highest BCUT2D eigenvalue weighted by Crippen LogP contribution is 2.37. The molecule has 0 heterocycles. The van der Waals surface area contributed by atoms with E-state index < -0.39 is 0 Å². The summed E-state index contributed by atoms with van der Waals surface area (Å²) in [6.45, 7) is 13.3. The maximum atomic E-state index is 6.43. The van der Waals surface area contributed by atoms with E-state index >= 15 is 0 Å². The normalized spacial score (nSPS) is 25.7. The fourth-order valence-corrected chi connectivity index (χ4v) is 3.15. The lowest BCUT2D eigenvalue weighted by molar-refractivity contribution is 0.0563. The molecule has 0 radical (unpaired) electrons. The van der Waals surface area contributed by atoms with Crippen LogP contribution in [0.3, 0.4) is 0 Å². The van der Waals surface area contributed by atoms with Gasteiger partial charge in [-0.05, 0) is 54.2 Å². The Morgan fingerprint density at radius 3 is 2.48 bits per heavy atom. The third-order valence-corrected chi connectivity index (χ3v) is 4.93. The van der Waals surface area contributed by atoms with Crippen molar-refractivity contribution in [2.75, 3.05) is 0 Å². The molecule has 0 bridgehead atoms. The molecule has 0 amide bonds. The third kappa shape index (κ3) is 3.60. The average Bonchev–Trinajstić information content (AvgIpc) is 2.36. The van der Waals surface area contributed by atoms with E-state index in [0.717, 1.165) is 12.2 Å². The zero-order chi connectivity index (χ0) is 15.8. The number of benzene rings is 1. The molecule has 0 spiro atoms. The highest BCUT2D eigenvalue weighted by atomic mass is 16.5. The van der Waals surface area contributed by atoms with Crippen LogP contribution in [0.1, 0.15) is 65.0 Å². The predicted octanol–water partition coefficient (Wildman–Crippen LogP) is 4.58. The van der Waals surface area contributed by atoms with Gasteiger partial charge in [0.25, 0.3) is 0 Å². The van der Waals surface area contributed by atoms with Crippen LogP contribution in [0, 0.1) is 12.3 Å². The second-order valence-corrected chi connectivity index (χ2v) is 8.29. The number of rotatable bonds is 2. The van der Waals surface area contributed by atoms with Crippen LogP contribution < -0.4 is 10.5 Å². The van der Waals surface area contributed by atoms with E-state index in [-0.39, 0.29) is 23.0 Å². The van der Waals surface area contributed by atoms with E-state index in [9.17, 15) is 0 Å².